The van der Waals surface area contributed by atoms with Crippen LogP contribution in [0.3, 0.4) is 0 Å². The van der Waals surface area contributed by atoms with Crippen molar-refractivity contribution in [1.29, 1.82) is 0 Å². The molecule has 0 aromatic carbocycles. The molecule has 5 heteroatoms. The van der Waals surface area contributed by atoms with Crippen LogP contribution < -0.4 is 5.73 Å². The van der Waals surface area contributed by atoms with Crippen molar-refractivity contribution in [1.82, 2.24) is 0 Å². The first kappa shape index (κ1) is 15.3. The molecule has 0 spiro atoms. The molecule has 3 unspecified atom stereocenters. The van der Waals surface area contributed by atoms with E-state index in [1.54, 1.807) is 0 Å². The van der Waals surface area contributed by atoms with Gasteiger partial charge in [-0.25, -0.2) is 8.42 Å². The second kappa shape index (κ2) is 4.71. The summed E-state index contributed by atoms with van der Waals surface area (Å²) in [5, 5.41) is 0. The molecular formula is C14H27NO3S. The maximum Gasteiger partial charge on any atom is 0.150 e. The van der Waals surface area contributed by atoms with Crippen LogP contribution >= 0.6 is 0 Å². The summed E-state index contributed by atoms with van der Waals surface area (Å²) in [7, 11) is -2.80. The summed E-state index contributed by atoms with van der Waals surface area (Å²) in [6, 6.07) is 0.0232. The molecular weight excluding hydrogens is 262 g/mol. The van der Waals surface area contributed by atoms with Gasteiger partial charge in [0.25, 0.3) is 0 Å². The molecule has 2 fully saturated rings. The standard InChI is InChI=1S/C14H27NO3S/c1-13(2)8-11(14(3,4)18-13)12(15)7-10-5-6-19(16,17)9-10/h10-12H,5-9,15H2,1-4H3. The fraction of sp³-hybridized carbons (Fsp3) is 1.00. The minimum atomic E-state index is -2.80. The molecule has 112 valence electrons. The molecule has 2 saturated heterocycles. The molecule has 2 rings (SSSR count). The smallest absolute Gasteiger partial charge is 0.150 e. The zero-order valence-corrected chi connectivity index (χ0v) is 13.3. The van der Waals surface area contributed by atoms with Crippen molar-refractivity contribution in [3.8, 4) is 0 Å². The van der Waals surface area contributed by atoms with Gasteiger partial charge in [-0.3, -0.25) is 0 Å². The monoisotopic (exact) mass is 289 g/mol. The number of hydrogen-bond donors (Lipinski definition) is 1. The van der Waals surface area contributed by atoms with E-state index >= 15 is 0 Å². The van der Waals surface area contributed by atoms with Gasteiger partial charge in [0.15, 0.2) is 9.84 Å². The Balaban J connectivity index is 1.99. The van der Waals surface area contributed by atoms with Crippen LogP contribution in [0, 0.1) is 11.8 Å². The average Bonchev–Trinajstić information content (AvgIpc) is 2.62. The highest BCUT2D eigenvalue weighted by Crippen LogP contribution is 2.44. The first-order valence-electron chi connectivity index (χ1n) is 7.17. The molecule has 2 aliphatic heterocycles. The highest BCUT2D eigenvalue weighted by atomic mass is 32.2. The highest BCUT2D eigenvalue weighted by Gasteiger charge is 2.48. The number of nitrogens with two attached hydrogens (primary N) is 1. The van der Waals surface area contributed by atoms with Crippen molar-refractivity contribution in [2.75, 3.05) is 11.5 Å². The number of ether oxygens (including phenoxy) is 1. The van der Waals surface area contributed by atoms with E-state index in [0.717, 1.165) is 19.3 Å². The Hall–Kier alpha value is -0.130. The summed E-state index contributed by atoms with van der Waals surface area (Å²) in [6.45, 7) is 8.39. The van der Waals surface area contributed by atoms with E-state index in [0.29, 0.717) is 17.4 Å². The summed E-state index contributed by atoms with van der Waals surface area (Å²) < 4.78 is 29.1. The molecule has 2 heterocycles. The number of sulfone groups is 1. The average molecular weight is 289 g/mol. The molecule has 2 aliphatic rings. The molecule has 19 heavy (non-hydrogen) atoms. The summed E-state index contributed by atoms with van der Waals surface area (Å²) in [5.41, 5.74) is 6.02. The fourth-order valence-corrected chi connectivity index (χ4v) is 5.76. The van der Waals surface area contributed by atoms with E-state index in [1.807, 2.05) is 0 Å². The van der Waals surface area contributed by atoms with E-state index in [1.165, 1.54) is 0 Å². The van der Waals surface area contributed by atoms with Crippen LogP contribution in [0.15, 0.2) is 0 Å². The molecule has 4 nitrogen and oxygen atoms in total. The van der Waals surface area contributed by atoms with Crippen LogP contribution in [-0.4, -0.2) is 37.2 Å². The first-order valence-corrected chi connectivity index (χ1v) is 8.99. The van der Waals surface area contributed by atoms with Crippen LogP contribution in [0.2, 0.25) is 0 Å². The molecule has 0 saturated carbocycles. The minimum absolute atomic E-state index is 0.0232. The summed E-state index contributed by atoms with van der Waals surface area (Å²) in [5.74, 6) is 1.18. The first-order chi connectivity index (χ1) is 8.51. The third-order valence-electron chi connectivity index (χ3n) is 4.59. The van der Waals surface area contributed by atoms with Gasteiger partial charge in [0.1, 0.15) is 0 Å². The third-order valence-corrected chi connectivity index (χ3v) is 6.43. The van der Waals surface area contributed by atoms with E-state index in [-0.39, 0.29) is 23.2 Å². The molecule has 0 amide bonds. The fourth-order valence-electron chi connectivity index (χ4n) is 3.88. The lowest BCUT2D eigenvalue weighted by Crippen LogP contribution is -2.42. The Labute approximate surface area is 117 Å². The van der Waals surface area contributed by atoms with Gasteiger partial charge in [-0.2, -0.15) is 0 Å². The van der Waals surface area contributed by atoms with E-state index in [4.69, 9.17) is 10.5 Å². The zero-order valence-electron chi connectivity index (χ0n) is 12.5. The summed E-state index contributed by atoms with van der Waals surface area (Å²) in [6.07, 6.45) is 2.51. The largest absolute Gasteiger partial charge is 0.369 e. The van der Waals surface area contributed by atoms with Crippen LogP contribution in [0.4, 0.5) is 0 Å². The van der Waals surface area contributed by atoms with Gasteiger partial charge in [0.05, 0.1) is 22.7 Å². The number of hydrogen-bond acceptors (Lipinski definition) is 4. The van der Waals surface area contributed by atoms with Gasteiger partial charge in [-0.1, -0.05) is 0 Å². The molecule has 2 N–H and O–H groups in total. The zero-order chi connectivity index (χ0) is 14.5. The Kier molecular flexibility index (Phi) is 3.78. The third kappa shape index (κ3) is 3.50. The van der Waals surface area contributed by atoms with Crippen LogP contribution in [0.25, 0.3) is 0 Å². The van der Waals surface area contributed by atoms with Crippen LogP contribution in [0.1, 0.15) is 47.0 Å². The summed E-state index contributed by atoms with van der Waals surface area (Å²) in [4.78, 5) is 0. The molecule has 0 aromatic rings. The van der Waals surface area contributed by atoms with Crippen molar-refractivity contribution < 1.29 is 13.2 Å². The lowest BCUT2D eigenvalue weighted by molar-refractivity contribution is -0.0770. The summed E-state index contributed by atoms with van der Waals surface area (Å²) >= 11 is 0. The van der Waals surface area contributed by atoms with Gasteiger partial charge < -0.3 is 10.5 Å². The van der Waals surface area contributed by atoms with E-state index in [2.05, 4.69) is 27.7 Å². The van der Waals surface area contributed by atoms with Gasteiger partial charge in [-0.05, 0) is 52.9 Å². The lowest BCUT2D eigenvalue weighted by atomic mass is 9.79. The molecule has 3 atom stereocenters. The maximum absolute atomic E-state index is 11.5. The Morgan fingerprint density at radius 3 is 2.37 bits per heavy atom. The Bertz CT molecular complexity index is 442. The predicted molar refractivity (Wildman–Crippen MR) is 76.7 cm³/mol. The quantitative estimate of drug-likeness (QED) is 0.859. The van der Waals surface area contributed by atoms with Gasteiger partial charge in [0, 0.05) is 12.0 Å². The number of rotatable bonds is 3. The molecule has 0 aromatic heterocycles. The molecule has 0 radical (unpaired) electrons. The van der Waals surface area contributed by atoms with Crippen LogP contribution in [-0.2, 0) is 14.6 Å². The van der Waals surface area contributed by atoms with Crippen molar-refractivity contribution in [2.24, 2.45) is 17.6 Å². The second-order valence-electron chi connectivity index (χ2n) is 7.44. The maximum atomic E-state index is 11.5. The predicted octanol–water partition coefficient (Wildman–Crippen LogP) is 1.73. The minimum Gasteiger partial charge on any atom is -0.369 e. The molecule has 0 bridgehead atoms. The van der Waals surface area contributed by atoms with Gasteiger partial charge in [-0.15, -0.1) is 0 Å². The van der Waals surface area contributed by atoms with Crippen molar-refractivity contribution >= 4 is 9.84 Å². The van der Waals surface area contributed by atoms with E-state index in [9.17, 15) is 8.42 Å². The highest BCUT2D eigenvalue weighted by molar-refractivity contribution is 7.91. The Morgan fingerprint density at radius 2 is 1.95 bits per heavy atom. The van der Waals surface area contributed by atoms with Crippen molar-refractivity contribution in [3.05, 3.63) is 0 Å². The van der Waals surface area contributed by atoms with Crippen LogP contribution in [0.5, 0.6) is 0 Å². The van der Waals surface area contributed by atoms with E-state index < -0.39 is 9.84 Å². The van der Waals surface area contributed by atoms with Crippen molar-refractivity contribution in [2.45, 2.75) is 64.2 Å². The lowest BCUT2D eigenvalue weighted by Gasteiger charge is -2.32. The topological polar surface area (TPSA) is 69.4 Å². The second-order valence-corrected chi connectivity index (χ2v) is 9.67. The van der Waals surface area contributed by atoms with Crippen molar-refractivity contribution in [3.63, 3.8) is 0 Å². The SMILES string of the molecule is CC1(C)CC(C(N)CC2CCS(=O)(=O)C2)C(C)(C)O1. The molecule has 0 aliphatic carbocycles. The van der Waals surface area contributed by atoms with Gasteiger partial charge in [0.2, 0.25) is 0 Å². The van der Waals surface area contributed by atoms with Gasteiger partial charge >= 0.3 is 0 Å². The normalized spacial score (nSPS) is 37.3. The Morgan fingerprint density at radius 1 is 1.32 bits per heavy atom.